The van der Waals surface area contributed by atoms with E-state index in [-0.39, 0.29) is 18.1 Å². The summed E-state index contributed by atoms with van der Waals surface area (Å²) in [5.74, 6) is 1.28. The molecule has 0 bridgehead atoms. The normalized spacial score (nSPS) is 11.2. The van der Waals surface area contributed by atoms with Gasteiger partial charge in [-0.2, -0.15) is 8.42 Å². The van der Waals surface area contributed by atoms with Crippen LogP contribution in [0, 0.1) is 0 Å². The number of hydrogen-bond donors (Lipinski definition) is 2. The summed E-state index contributed by atoms with van der Waals surface area (Å²) in [6, 6.07) is 22.8. The average molecular weight is 537 g/mol. The van der Waals surface area contributed by atoms with E-state index in [0.717, 1.165) is 11.8 Å². The predicted molar refractivity (Wildman–Crippen MR) is 144 cm³/mol. The maximum absolute atomic E-state index is 11.4. The fourth-order valence-electron chi connectivity index (χ4n) is 4.16. The molecule has 0 saturated carbocycles. The Morgan fingerprint density at radius 3 is 2.08 bits per heavy atom. The van der Waals surface area contributed by atoms with Crippen LogP contribution in [0.3, 0.4) is 0 Å². The molecule has 0 aliphatic carbocycles. The number of phenolic OH excluding ortho intramolecular Hbond substituents is 1. The van der Waals surface area contributed by atoms with Crippen molar-refractivity contribution in [2.45, 2.75) is 13.2 Å². The van der Waals surface area contributed by atoms with Gasteiger partial charge < -0.3 is 28.6 Å². The molecule has 4 aromatic rings. The zero-order chi connectivity index (χ0) is 27.3. The maximum atomic E-state index is 11.4. The molecule has 4 rings (SSSR count). The average Bonchev–Trinajstić information content (AvgIpc) is 2.91. The Kier molecular flexibility index (Phi) is 8.09. The SMILES string of the molecule is COc1cc(-c2ccc(OS(C)(=O)=O)cc2)c(OC)c(CO)c1-c1ccc(OCc2ccccc2)c(O)c1. The van der Waals surface area contributed by atoms with Gasteiger partial charge in [-0.25, -0.2) is 0 Å². The molecule has 0 aromatic heterocycles. The molecule has 4 aromatic carbocycles. The van der Waals surface area contributed by atoms with Crippen molar-refractivity contribution in [1.82, 2.24) is 0 Å². The number of rotatable bonds is 10. The summed E-state index contributed by atoms with van der Waals surface area (Å²) < 4.78 is 45.0. The molecule has 0 spiro atoms. The van der Waals surface area contributed by atoms with Crippen LogP contribution in [-0.2, 0) is 23.3 Å². The Balaban J connectivity index is 1.73. The Morgan fingerprint density at radius 1 is 0.816 bits per heavy atom. The number of aliphatic hydroxyl groups is 1. The van der Waals surface area contributed by atoms with Gasteiger partial charge in [0.05, 0.1) is 27.1 Å². The lowest BCUT2D eigenvalue weighted by Crippen LogP contribution is -2.05. The Morgan fingerprint density at radius 2 is 1.50 bits per heavy atom. The minimum atomic E-state index is -3.66. The molecule has 0 atom stereocenters. The van der Waals surface area contributed by atoms with Crippen LogP contribution in [0.4, 0.5) is 0 Å². The smallest absolute Gasteiger partial charge is 0.306 e. The molecular weight excluding hydrogens is 508 g/mol. The number of aliphatic hydroxyl groups excluding tert-OH is 1. The van der Waals surface area contributed by atoms with Crippen molar-refractivity contribution in [1.29, 1.82) is 0 Å². The highest BCUT2D eigenvalue weighted by molar-refractivity contribution is 7.86. The molecule has 8 nitrogen and oxygen atoms in total. The van der Waals surface area contributed by atoms with E-state index >= 15 is 0 Å². The Labute approximate surface area is 221 Å². The number of aromatic hydroxyl groups is 1. The zero-order valence-electron chi connectivity index (χ0n) is 21.2. The van der Waals surface area contributed by atoms with Crippen LogP contribution in [0.1, 0.15) is 11.1 Å². The summed E-state index contributed by atoms with van der Waals surface area (Å²) in [7, 11) is -0.653. The number of methoxy groups -OCH3 is 2. The summed E-state index contributed by atoms with van der Waals surface area (Å²) in [6.45, 7) is -0.0690. The molecular formula is C29H28O8S. The first-order valence-electron chi connectivity index (χ1n) is 11.6. The van der Waals surface area contributed by atoms with Gasteiger partial charge in [-0.15, -0.1) is 0 Å². The topological polar surface area (TPSA) is 112 Å². The van der Waals surface area contributed by atoms with Crippen molar-refractivity contribution in [3.05, 3.63) is 90.0 Å². The number of benzene rings is 4. The van der Waals surface area contributed by atoms with Crippen molar-refractivity contribution >= 4 is 10.1 Å². The highest BCUT2D eigenvalue weighted by Gasteiger charge is 2.22. The molecule has 9 heteroatoms. The lowest BCUT2D eigenvalue weighted by Gasteiger charge is -2.21. The summed E-state index contributed by atoms with van der Waals surface area (Å²) >= 11 is 0. The maximum Gasteiger partial charge on any atom is 0.306 e. The van der Waals surface area contributed by atoms with Crippen molar-refractivity contribution in [3.63, 3.8) is 0 Å². The summed E-state index contributed by atoms with van der Waals surface area (Å²) in [6.07, 6.45) is 0.973. The van der Waals surface area contributed by atoms with Crippen LogP contribution >= 0.6 is 0 Å². The van der Waals surface area contributed by atoms with Crippen LogP contribution in [-0.4, -0.2) is 39.1 Å². The summed E-state index contributed by atoms with van der Waals surface area (Å²) in [4.78, 5) is 0. The van der Waals surface area contributed by atoms with Gasteiger partial charge in [-0.3, -0.25) is 0 Å². The van der Waals surface area contributed by atoms with Gasteiger partial charge in [-0.1, -0.05) is 48.5 Å². The quantitative estimate of drug-likeness (QED) is 0.268. The van der Waals surface area contributed by atoms with E-state index in [4.69, 9.17) is 18.4 Å². The van der Waals surface area contributed by atoms with Gasteiger partial charge in [0.15, 0.2) is 11.5 Å². The lowest BCUT2D eigenvalue weighted by molar-refractivity contribution is 0.273. The third-order valence-corrected chi connectivity index (χ3v) is 6.32. The van der Waals surface area contributed by atoms with Crippen LogP contribution in [0.15, 0.2) is 78.9 Å². The van der Waals surface area contributed by atoms with E-state index in [0.29, 0.717) is 51.7 Å². The standard InChI is InChI=1S/C29H28O8S/c1-34-27-16-23(20-9-12-22(13-10-20)37-38(3,32)33)29(35-2)24(17-30)28(27)21-11-14-26(25(31)15-21)36-18-19-7-5-4-6-8-19/h4-16,30-31H,17-18H2,1-3H3. The second-order valence-electron chi connectivity index (χ2n) is 8.44. The fourth-order valence-corrected chi connectivity index (χ4v) is 4.63. The molecule has 198 valence electrons. The largest absolute Gasteiger partial charge is 0.504 e. The van der Waals surface area contributed by atoms with Crippen molar-refractivity contribution < 1.29 is 37.0 Å². The Hall–Kier alpha value is -4.21. The molecule has 0 aliphatic heterocycles. The van der Waals surface area contributed by atoms with E-state index < -0.39 is 10.1 Å². The number of phenols is 1. The van der Waals surface area contributed by atoms with Crippen LogP contribution in [0.5, 0.6) is 28.7 Å². The van der Waals surface area contributed by atoms with Gasteiger partial charge in [0.25, 0.3) is 0 Å². The second kappa shape index (κ2) is 11.5. The third-order valence-electron chi connectivity index (χ3n) is 5.82. The number of hydrogen-bond acceptors (Lipinski definition) is 8. The van der Waals surface area contributed by atoms with Crippen molar-refractivity contribution in [2.75, 3.05) is 20.5 Å². The van der Waals surface area contributed by atoms with Crippen LogP contribution in [0.25, 0.3) is 22.3 Å². The predicted octanol–water partition coefficient (Wildman–Crippen LogP) is 5.15. The van der Waals surface area contributed by atoms with E-state index in [2.05, 4.69) is 0 Å². The van der Waals surface area contributed by atoms with Crippen molar-refractivity contribution in [2.24, 2.45) is 0 Å². The van der Waals surface area contributed by atoms with Crippen LogP contribution in [0.2, 0.25) is 0 Å². The summed E-state index contributed by atoms with van der Waals surface area (Å²) in [5.41, 5.74) is 3.88. The molecule has 0 amide bonds. The molecule has 2 N–H and O–H groups in total. The molecule has 0 fully saturated rings. The molecule has 38 heavy (non-hydrogen) atoms. The molecule has 0 saturated heterocycles. The number of ether oxygens (including phenoxy) is 3. The summed E-state index contributed by atoms with van der Waals surface area (Å²) in [5, 5.41) is 21.1. The minimum Gasteiger partial charge on any atom is -0.504 e. The first-order valence-corrected chi connectivity index (χ1v) is 13.4. The third kappa shape index (κ3) is 6.01. The first kappa shape index (κ1) is 26.8. The Bertz CT molecular complexity index is 1510. The van der Waals surface area contributed by atoms with Gasteiger partial charge in [0.2, 0.25) is 0 Å². The van der Waals surface area contributed by atoms with E-state index in [1.165, 1.54) is 26.4 Å². The van der Waals surface area contributed by atoms with Gasteiger partial charge >= 0.3 is 10.1 Å². The fraction of sp³-hybridized carbons (Fsp3) is 0.172. The highest BCUT2D eigenvalue weighted by Crippen LogP contribution is 2.46. The van der Waals surface area contributed by atoms with E-state index in [1.807, 2.05) is 30.3 Å². The monoisotopic (exact) mass is 536 g/mol. The zero-order valence-corrected chi connectivity index (χ0v) is 22.0. The van der Waals surface area contributed by atoms with E-state index in [1.54, 1.807) is 36.4 Å². The van der Waals surface area contributed by atoms with Gasteiger partial charge in [-0.05, 0) is 47.0 Å². The highest BCUT2D eigenvalue weighted by atomic mass is 32.2. The lowest BCUT2D eigenvalue weighted by atomic mass is 9.92. The second-order valence-corrected chi connectivity index (χ2v) is 10.0. The minimum absolute atomic E-state index is 0.0612. The van der Waals surface area contributed by atoms with Gasteiger partial charge in [0, 0.05) is 16.7 Å². The molecule has 0 unspecified atom stereocenters. The molecule has 0 aliphatic rings. The molecule has 0 heterocycles. The van der Waals surface area contributed by atoms with E-state index in [9.17, 15) is 18.6 Å². The van der Waals surface area contributed by atoms with Crippen LogP contribution < -0.4 is 18.4 Å². The molecule has 0 radical (unpaired) electrons. The van der Waals surface area contributed by atoms with Crippen molar-refractivity contribution in [3.8, 4) is 51.0 Å². The van der Waals surface area contributed by atoms with Gasteiger partial charge in [0.1, 0.15) is 23.9 Å². The first-order chi connectivity index (χ1) is 18.2.